The van der Waals surface area contributed by atoms with Gasteiger partial charge in [0.05, 0.1) is 26.7 Å². The van der Waals surface area contributed by atoms with Crippen molar-refractivity contribution in [1.82, 2.24) is 4.84 Å². The summed E-state index contributed by atoms with van der Waals surface area (Å²) in [4.78, 5) is 28.6. The molecule has 1 fully saturated rings. The number of hydrogen-bond acceptors (Lipinski definition) is 7. The summed E-state index contributed by atoms with van der Waals surface area (Å²) in [6.07, 6.45) is 6.94. The molecule has 0 radical (unpaired) electrons. The normalized spacial score (nSPS) is 16.8. The molecule has 2 aromatic rings. The van der Waals surface area contributed by atoms with Crippen LogP contribution in [-0.2, 0) is 9.59 Å². The Bertz CT molecular complexity index is 1130. The topological polar surface area (TPSA) is 83.1 Å². The SMILES string of the molecule is CCOc1ccc(/C=C/C(=O)C2CCC/C(=C\c3ccc(OCCNCl)c(OC)c3)C2=O)cc1OC. The second-order valence-corrected chi connectivity index (χ2v) is 8.47. The number of methoxy groups -OCH3 is 2. The summed E-state index contributed by atoms with van der Waals surface area (Å²) in [5, 5.41) is 0. The summed E-state index contributed by atoms with van der Waals surface area (Å²) >= 11 is 5.46. The summed E-state index contributed by atoms with van der Waals surface area (Å²) in [7, 11) is 3.13. The number of halogens is 1. The molecule has 2 aromatic carbocycles. The van der Waals surface area contributed by atoms with Gasteiger partial charge in [-0.2, -0.15) is 0 Å². The maximum absolute atomic E-state index is 13.2. The molecule has 0 saturated heterocycles. The molecule has 0 amide bonds. The van der Waals surface area contributed by atoms with Crippen LogP contribution in [0.5, 0.6) is 23.0 Å². The number of nitrogens with one attached hydrogen (secondary N) is 1. The van der Waals surface area contributed by atoms with Gasteiger partial charge in [-0.05, 0) is 91.1 Å². The van der Waals surface area contributed by atoms with Crippen LogP contribution < -0.4 is 23.8 Å². The van der Waals surface area contributed by atoms with Gasteiger partial charge in [-0.25, -0.2) is 4.84 Å². The van der Waals surface area contributed by atoms with Gasteiger partial charge in [0.15, 0.2) is 34.6 Å². The van der Waals surface area contributed by atoms with E-state index in [9.17, 15) is 9.59 Å². The first-order valence-electron chi connectivity index (χ1n) is 11.9. The summed E-state index contributed by atoms with van der Waals surface area (Å²) in [5.41, 5.74) is 2.24. The van der Waals surface area contributed by atoms with Crippen LogP contribution in [0.25, 0.3) is 12.2 Å². The highest BCUT2D eigenvalue weighted by molar-refractivity contribution is 6.16. The molecule has 0 aromatic heterocycles. The lowest BCUT2D eigenvalue weighted by Crippen LogP contribution is -2.27. The van der Waals surface area contributed by atoms with Crippen LogP contribution in [0, 0.1) is 5.92 Å². The molecule has 1 aliphatic rings. The summed E-state index contributed by atoms with van der Waals surface area (Å²) in [6, 6.07) is 10.9. The highest BCUT2D eigenvalue weighted by atomic mass is 35.5. The predicted molar refractivity (Wildman–Crippen MR) is 141 cm³/mol. The van der Waals surface area contributed by atoms with E-state index >= 15 is 0 Å². The standard InChI is InChI=1S/C28H32ClNO6/c1-4-35-24-12-9-19(17-26(24)33-2)8-11-23(31)22-7-5-6-21(28(22)32)16-20-10-13-25(27(18-20)34-3)36-15-14-30-29/h8-13,16-18,22,30H,4-7,14-15H2,1-3H3/b11-8+,21-16+. The number of ketones is 2. The maximum atomic E-state index is 13.2. The lowest BCUT2D eigenvalue weighted by Gasteiger charge is -2.21. The third kappa shape index (κ3) is 7.12. The van der Waals surface area contributed by atoms with E-state index in [4.69, 9.17) is 30.7 Å². The highest BCUT2D eigenvalue weighted by Gasteiger charge is 2.30. The fourth-order valence-corrected chi connectivity index (χ4v) is 4.12. The zero-order valence-corrected chi connectivity index (χ0v) is 21.6. The highest BCUT2D eigenvalue weighted by Crippen LogP contribution is 2.32. The summed E-state index contributed by atoms with van der Waals surface area (Å²) in [5.74, 6) is 1.37. The molecule has 7 nitrogen and oxygen atoms in total. The van der Waals surface area contributed by atoms with E-state index in [1.807, 2.05) is 31.2 Å². The average molecular weight is 514 g/mol. The number of ether oxygens (including phenoxy) is 4. The van der Waals surface area contributed by atoms with Crippen molar-refractivity contribution < 1.29 is 28.5 Å². The molecular weight excluding hydrogens is 482 g/mol. The minimum atomic E-state index is -0.682. The Kier molecular flexibility index (Phi) is 10.4. The number of allylic oxidation sites excluding steroid dienone is 2. The van der Waals surface area contributed by atoms with Crippen LogP contribution in [0.15, 0.2) is 48.0 Å². The van der Waals surface area contributed by atoms with Gasteiger partial charge < -0.3 is 18.9 Å². The van der Waals surface area contributed by atoms with Crippen molar-refractivity contribution in [2.45, 2.75) is 26.2 Å². The Labute approximate surface area is 217 Å². The van der Waals surface area contributed by atoms with Gasteiger partial charge in [0.2, 0.25) is 0 Å². The van der Waals surface area contributed by atoms with E-state index in [-0.39, 0.29) is 11.6 Å². The first-order chi connectivity index (χ1) is 17.5. The smallest absolute Gasteiger partial charge is 0.169 e. The van der Waals surface area contributed by atoms with Gasteiger partial charge >= 0.3 is 0 Å². The van der Waals surface area contributed by atoms with E-state index in [2.05, 4.69) is 4.84 Å². The quantitative estimate of drug-likeness (QED) is 0.179. The molecule has 3 rings (SSSR count). The largest absolute Gasteiger partial charge is 0.493 e. The Hall–Kier alpha value is -3.29. The lowest BCUT2D eigenvalue weighted by atomic mass is 9.81. The minimum absolute atomic E-state index is 0.132. The first kappa shape index (κ1) is 27.3. The zero-order chi connectivity index (χ0) is 25.9. The molecule has 1 N–H and O–H groups in total. The van der Waals surface area contributed by atoms with Crippen LogP contribution >= 0.6 is 11.8 Å². The van der Waals surface area contributed by atoms with Gasteiger partial charge in [0, 0.05) is 6.54 Å². The molecule has 1 unspecified atom stereocenters. The molecule has 0 bridgehead atoms. The molecule has 8 heteroatoms. The predicted octanol–water partition coefficient (Wildman–Crippen LogP) is 5.26. The minimum Gasteiger partial charge on any atom is -0.493 e. The van der Waals surface area contributed by atoms with E-state index < -0.39 is 5.92 Å². The van der Waals surface area contributed by atoms with Crippen molar-refractivity contribution in [3.8, 4) is 23.0 Å². The van der Waals surface area contributed by atoms with Crippen molar-refractivity contribution in [3.05, 3.63) is 59.2 Å². The molecule has 192 valence electrons. The molecule has 0 heterocycles. The fourth-order valence-electron chi connectivity index (χ4n) is 4.04. The number of carbonyl (C=O) groups excluding carboxylic acids is 2. The van der Waals surface area contributed by atoms with E-state index in [1.165, 1.54) is 6.08 Å². The Morgan fingerprint density at radius 3 is 2.36 bits per heavy atom. The maximum Gasteiger partial charge on any atom is 0.169 e. The fraction of sp³-hybridized carbons (Fsp3) is 0.357. The van der Waals surface area contributed by atoms with Crippen molar-refractivity contribution in [3.63, 3.8) is 0 Å². The lowest BCUT2D eigenvalue weighted by molar-refractivity contribution is -0.129. The van der Waals surface area contributed by atoms with Crippen molar-refractivity contribution in [2.24, 2.45) is 5.92 Å². The van der Waals surface area contributed by atoms with Crippen LogP contribution in [0.1, 0.15) is 37.3 Å². The summed E-state index contributed by atoms with van der Waals surface area (Å²) in [6.45, 7) is 3.31. The Morgan fingerprint density at radius 2 is 1.69 bits per heavy atom. The van der Waals surface area contributed by atoms with Gasteiger partial charge in [-0.15, -0.1) is 0 Å². The summed E-state index contributed by atoms with van der Waals surface area (Å²) < 4.78 is 22.0. The van der Waals surface area contributed by atoms with E-state index in [0.717, 1.165) is 17.5 Å². The third-order valence-corrected chi connectivity index (χ3v) is 6.01. The molecular formula is C28H32ClNO6. The number of rotatable bonds is 12. The van der Waals surface area contributed by atoms with Crippen molar-refractivity contribution in [2.75, 3.05) is 34.0 Å². The second kappa shape index (κ2) is 13.7. The number of hydrogen-bond donors (Lipinski definition) is 1. The molecule has 1 aliphatic carbocycles. The Balaban J connectivity index is 1.72. The van der Waals surface area contributed by atoms with Crippen LogP contribution in [0.3, 0.4) is 0 Å². The van der Waals surface area contributed by atoms with E-state index in [1.54, 1.807) is 38.5 Å². The number of benzene rings is 2. The van der Waals surface area contributed by atoms with Gasteiger partial charge in [0.25, 0.3) is 0 Å². The monoisotopic (exact) mass is 513 g/mol. The van der Waals surface area contributed by atoms with Gasteiger partial charge in [-0.3, -0.25) is 9.59 Å². The first-order valence-corrected chi connectivity index (χ1v) is 12.3. The molecule has 1 atom stereocenters. The third-order valence-electron chi connectivity index (χ3n) is 5.83. The van der Waals surface area contributed by atoms with Crippen LogP contribution in [0.4, 0.5) is 0 Å². The number of carbonyl (C=O) groups is 2. The zero-order valence-electron chi connectivity index (χ0n) is 20.8. The number of Topliss-reactive ketones (excluding diaryl/α,β-unsaturated/α-hetero) is 1. The second-order valence-electron chi connectivity index (χ2n) is 8.20. The molecule has 0 aliphatic heterocycles. The Morgan fingerprint density at radius 1 is 1.03 bits per heavy atom. The van der Waals surface area contributed by atoms with Crippen molar-refractivity contribution >= 4 is 35.5 Å². The van der Waals surface area contributed by atoms with Crippen molar-refractivity contribution in [1.29, 1.82) is 0 Å². The molecule has 0 spiro atoms. The van der Waals surface area contributed by atoms with Gasteiger partial charge in [-0.1, -0.05) is 18.2 Å². The average Bonchev–Trinajstić information content (AvgIpc) is 2.90. The van der Waals surface area contributed by atoms with E-state index in [0.29, 0.717) is 61.2 Å². The van der Waals surface area contributed by atoms with Crippen LogP contribution in [-0.4, -0.2) is 45.5 Å². The van der Waals surface area contributed by atoms with Gasteiger partial charge in [0.1, 0.15) is 6.61 Å². The van der Waals surface area contributed by atoms with Crippen LogP contribution in [0.2, 0.25) is 0 Å². The molecule has 36 heavy (non-hydrogen) atoms. The molecule has 1 saturated carbocycles.